The van der Waals surface area contributed by atoms with Gasteiger partial charge in [0.25, 0.3) is 0 Å². The highest BCUT2D eigenvalue weighted by atomic mass is 16.3. The molecule has 3 heteroatoms. The molecule has 124 valence electrons. The standard InChI is InChI=1S/C18H36N2O/c1-17(2,3)19-14-18(10-6-7-11-18)15-20(12-13-21)16-8-4-5-9-16/h16,19,21H,4-15H2,1-3H3. The van der Waals surface area contributed by atoms with Crippen molar-refractivity contribution in [2.75, 3.05) is 26.2 Å². The van der Waals surface area contributed by atoms with Crippen LogP contribution in [0.4, 0.5) is 0 Å². The van der Waals surface area contributed by atoms with Gasteiger partial charge in [-0.05, 0) is 51.9 Å². The second kappa shape index (κ2) is 7.43. The Morgan fingerprint density at radius 2 is 1.71 bits per heavy atom. The summed E-state index contributed by atoms with van der Waals surface area (Å²) in [6.07, 6.45) is 10.9. The van der Waals surface area contributed by atoms with Crippen molar-refractivity contribution in [3.05, 3.63) is 0 Å². The van der Waals surface area contributed by atoms with E-state index in [1.165, 1.54) is 57.9 Å². The monoisotopic (exact) mass is 296 g/mol. The Balaban J connectivity index is 1.98. The Labute approximate surface area is 131 Å². The number of hydrogen-bond donors (Lipinski definition) is 2. The molecule has 0 heterocycles. The number of aliphatic hydroxyl groups is 1. The van der Waals surface area contributed by atoms with Gasteiger partial charge in [-0.1, -0.05) is 25.7 Å². The van der Waals surface area contributed by atoms with Gasteiger partial charge in [0.2, 0.25) is 0 Å². The minimum Gasteiger partial charge on any atom is -0.395 e. The van der Waals surface area contributed by atoms with E-state index in [2.05, 4.69) is 31.0 Å². The molecule has 2 rings (SSSR count). The molecule has 0 unspecified atom stereocenters. The number of rotatable bonds is 7. The molecule has 2 N–H and O–H groups in total. The van der Waals surface area contributed by atoms with Gasteiger partial charge >= 0.3 is 0 Å². The highest BCUT2D eigenvalue weighted by molar-refractivity contribution is 4.93. The van der Waals surface area contributed by atoms with E-state index in [0.29, 0.717) is 12.0 Å². The summed E-state index contributed by atoms with van der Waals surface area (Å²) >= 11 is 0. The summed E-state index contributed by atoms with van der Waals surface area (Å²) in [6, 6.07) is 0.726. The molecule has 0 amide bonds. The fourth-order valence-corrected chi connectivity index (χ4v) is 4.19. The summed E-state index contributed by atoms with van der Waals surface area (Å²) in [5, 5.41) is 13.2. The van der Waals surface area contributed by atoms with Crippen molar-refractivity contribution in [1.29, 1.82) is 0 Å². The van der Waals surface area contributed by atoms with Gasteiger partial charge in [0.1, 0.15) is 0 Å². The Morgan fingerprint density at radius 1 is 1.10 bits per heavy atom. The Bertz CT molecular complexity index is 299. The van der Waals surface area contributed by atoms with Crippen molar-refractivity contribution in [2.45, 2.75) is 83.7 Å². The molecule has 0 aromatic rings. The van der Waals surface area contributed by atoms with Crippen LogP contribution in [0.3, 0.4) is 0 Å². The molecular formula is C18H36N2O. The van der Waals surface area contributed by atoms with Crippen LogP contribution >= 0.6 is 0 Å². The van der Waals surface area contributed by atoms with E-state index in [0.717, 1.165) is 19.1 Å². The third kappa shape index (κ3) is 5.22. The quantitative estimate of drug-likeness (QED) is 0.757. The van der Waals surface area contributed by atoms with Gasteiger partial charge in [0.05, 0.1) is 6.61 Å². The molecule has 2 fully saturated rings. The van der Waals surface area contributed by atoms with Crippen LogP contribution in [-0.4, -0.2) is 47.8 Å². The average Bonchev–Trinajstić information content (AvgIpc) is 3.07. The molecule has 0 aromatic heterocycles. The zero-order chi connectivity index (χ0) is 15.3. The SMILES string of the molecule is CC(C)(C)NCC1(CN(CCO)C2CCCC2)CCCC1. The molecule has 0 aliphatic heterocycles. The number of nitrogens with one attached hydrogen (secondary N) is 1. The molecule has 21 heavy (non-hydrogen) atoms. The minimum atomic E-state index is 0.199. The van der Waals surface area contributed by atoms with Crippen LogP contribution in [0.1, 0.15) is 72.1 Å². The average molecular weight is 296 g/mol. The van der Waals surface area contributed by atoms with Crippen molar-refractivity contribution in [2.24, 2.45) is 5.41 Å². The fourth-order valence-electron chi connectivity index (χ4n) is 4.19. The first-order valence-electron chi connectivity index (χ1n) is 9.04. The van der Waals surface area contributed by atoms with Gasteiger partial charge in [0, 0.05) is 31.2 Å². The lowest BCUT2D eigenvalue weighted by atomic mass is 9.84. The number of aliphatic hydroxyl groups excluding tert-OH is 1. The Kier molecular flexibility index (Phi) is 6.10. The first-order valence-corrected chi connectivity index (χ1v) is 9.04. The van der Waals surface area contributed by atoms with E-state index in [1.807, 2.05) is 0 Å². The van der Waals surface area contributed by atoms with E-state index in [-0.39, 0.29) is 5.54 Å². The molecule has 0 aromatic carbocycles. The van der Waals surface area contributed by atoms with Gasteiger partial charge in [-0.15, -0.1) is 0 Å². The second-order valence-corrected chi connectivity index (χ2v) is 8.44. The van der Waals surface area contributed by atoms with Gasteiger partial charge in [-0.25, -0.2) is 0 Å². The third-order valence-corrected chi connectivity index (χ3v) is 5.42. The Morgan fingerprint density at radius 3 is 2.24 bits per heavy atom. The highest BCUT2D eigenvalue weighted by Gasteiger charge is 2.38. The van der Waals surface area contributed by atoms with Crippen molar-refractivity contribution < 1.29 is 5.11 Å². The maximum Gasteiger partial charge on any atom is 0.0558 e. The largest absolute Gasteiger partial charge is 0.395 e. The van der Waals surface area contributed by atoms with Crippen molar-refractivity contribution in [3.63, 3.8) is 0 Å². The van der Waals surface area contributed by atoms with Crippen molar-refractivity contribution in [1.82, 2.24) is 10.2 Å². The van der Waals surface area contributed by atoms with Crippen molar-refractivity contribution in [3.8, 4) is 0 Å². The van der Waals surface area contributed by atoms with E-state index in [4.69, 9.17) is 0 Å². The molecule has 0 atom stereocenters. The lowest BCUT2D eigenvalue weighted by molar-refractivity contribution is 0.0853. The second-order valence-electron chi connectivity index (χ2n) is 8.44. The highest BCUT2D eigenvalue weighted by Crippen LogP contribution is 2.40. The van der Waals surface area contributed by atoms with Crippen LogP contribution in [0.15, 0.2) is 0 Å². The molecule has 3 nitrogen and oxygen atoms in total. The van der Waals surface area contributed by atoms with Crippen LogP contribution < -0.4 is 5.32 Å². The summed E-state index contributed by atoms with van der Waals surface area (Å²) in [7, 11) is 0. The Hall–Kier alpha value is -0.120. The number of hydrogen-bond acceptors (Lipinski definition) is 3. The first kappa shape index (κ1) is 17.2. The summed E-state index contributed by atoms with van der Waals surface area (Å²) in [6.45, 7) is 10.3. The molecule has 0 spiro atoms. The van der Waals surface area contributed by atoms with E-state index < -0.39 is 0 Å². The summed E-state index contributed by atoms with van der Waals surface area (Å²) in [5.41, 5.74) is 0.635. The van der Waals surface area contributed by atoms with Gasteiger partial charge in [-0.3, -0.25) is 4.90 Å². The summed E-state index contributed by atoms with van der Waals surface area (Å²) in [5.74, 6) is 0. The van der Waals surface area contributed by atoms with E-state index >= 15 is 0 Å². The number of nitrogens with zero attached hydrogens (tertiary/aromatic N) is 1. The van der Waals surface area contributed by atoms with Crippen LogP contribution in [0.2, 0.25) is 0 Å². The fraction of sp³-hybridized carbons (Fsp3) is 1.00. The van der Waals surface area contributed by atoms with E-state index in [9.17, 15) is 5.11 Å². The minimum absolute atomic E-state index is 0.199. The van der Waals surface area contributed by atoms with Crippen LogP contribution in [0, 0.1) is 5.41 Å². The molecule has 2 saturated carbocycles. The predicted octanol–water partition coefficient (Wildman–Crippen LogP) is 3.17. The molecule has 0 radical (unpaired) electrons. The van der Waals surface area contributed by atoms with Crippen LogP contribution in [0.5, 0.6) is 0 Å². The van der Waals surface area contributed by atoms with Gasteiger partial charge < -0.3 is 10.4 Å². The van der Waals surface area contributed by atoms with Gasteiger partial charge in [0.15, 0.2) is 0 Å². The summed E-state index contributed by atoms with van der Waals surface area (Å²) in [4.78, 5) is 2.61. The smallest absolute Gasteiger partial charge is 0.0558 e. The third-order valence-electron chi connectivity index (χ3n) is 5.42. The maximum absolute atomic E-state index is 9.46. The zero-order valence-corrected chi connectivity index (χ0v) is 14.5. The normalized spacial score (nSPS) is 23.3. The van der Waals surface area contributed by atoms with Crippen LogP contribution in [0.25, 0.3) is 0 Å². The maximum atomic E-state index is 9.46. The lowest BCUT2D eigenvalue weighted by Crippen LogP contribution is -2.50. The lowest BCUT2D eigenvalue weighted by Gasteiger charge is -2.40. The molecule has 2 aliphatic rings. The molecule has 0 bridgehead atoms. The molecular weight excluding hydrogens is 260 g/mol. The van der Waals surface area contributed by atoms with Crippen LogP contribution in [-0.2, 0) is 0 Å². The topological polar surface area (TPSA) is 35.5 Å². The predicted molar refractivity (Wildman–Crippen MR) is 89.6 cm³/mol. The first-order chi connectivity index (χ1) is 9.94. The summed E-state index contributed by atoms with van der Waals surface area (Å²) < 4.78 is 0. The zero-order valence-electron chi connectivity index (χ0n) is 14.5. The van der Waals surface area contributed by atoms with Crippen molar-refractivity contribution >= 4 is 0 Å². The van der Waals surface area contributed by atoms with E-state index in [1.54, 1.807) is 0 Å². The van der Waals surface area contributed by atoms with Gasteiger partial charge in [-0.2, -0.15) is 0 Å². The molecule has 2 aliphatic carbocycles. The molecule has 0 saturated heterocycles.